The normalized spacial score (nSPS) is 20.7. The predicted molar refractivity (Wildman–Crippen MR) is 112 cm³/mol. The molecule has 4 nitrogen and oxygen atoms in total. The quantitative estimate of drug-likeness (QED) is 0.779. The summed E-state index contributed by atoms with van der Waals surface area (Å²) in [5.74, 6) is 2.20. The van der Waals surface area contributed by atoms with Gasteiger partial charge in [0.2, 0.25) is 0 Å². The number of hydrogen-bond donors (Lipinski definition) is 0. The fraction of sp³-hybridized carbons (Fsp3) is 0.375. The Morgan fingerprint density at radius 3 is 2.36 bits per heavy atom. The molecule has 1 unspecified atom stereocenters. The molecule has 28 heavy (non-hydrogen) atoms. The highest BCUT2D eigenvalue weighted by atomic mass is 16.5. The molecule has 4 rings (SSSR count). The Bertz CT molecular complexity index is 928. The van der Waals surface area contributed by atoms with E-state index in [0.717, 1.165) is 36.0 Å². The molecule has 2 aliphatic rings. The molecule has 0 radical (unpaired) electrons. The molecule has 0 aliphatic heterocycles. The molecule has 2 aliphatic carbocycles. The first-order chi connectivity index (χ1) is 13.5. The Hall–Kier alpha value is -2.75. The molecule has 0 fully saturated rings. The number of allylic oxidation sites excluding steroid dienone is 2. The number of methoxy groups -OCH3 is 2. The van der Waals surface area contributed by atoms with Gasteiger partial charge >= 0.3 is 0 Å². The van der Waals surface area contributed by atoms with Crippen LogP contribution in [-0.4, -0.2) is 34.1 Å². The van der Waals surface area contributed by atoms with Gasteiger partial charge in [0, 0.05) is 30.9 Å². The van der Waals surface area contributed by atoms with Crippen molar-refractivity contribution in [1.29, 1.82) is 0 Å². The number of ketones is 1. The first-order valence-electron chi connectivity index (χ1n) is 9.79. The van der Waals surface area contributed by atoms with Crippen LogP contribution in [0.15, 0.2) is 48.0 Å². The van der Waals surface area contributed by atoms with E-state index in [-0.39, 0.29) is 11.7 Å². The van der Waals surface area contributed by atoms with Crippen LogP contribution in [0.5, 0.6) is 11.5 Å². The lowest BCUT2D eigenvalue weighted by Gasteiger charge is -2.34. The van der Waals surface area contributed by atoms with E-state index < -0.39 is 0 Å². The van der Waals surface area contributed by atoms with Crippen molar-refractivity contribution in [2.24, 2.45) is 5.92 Å². The fourth-order valence-electron chi connectivity index (χ4n) is 4.60. The maximum absolute atomic E-state index is 13.1. The number of ether oxygens (including phenoxy) is 2. The summed E-state index contributed by atoms with van der Waals surface area (Å²) in [6, 6.07) is 12.5. The lowest BCUT2D eigenvalue weighted by atomic mass is 9.69. The average molecular weight is 377 g/mol. The number of hydrogen-bond acceptors (Lipinski definition) is 4. The molecule has 146 valence electrons. The molecule has 2 aromatic rings. The number of nitrogens with zero attached hydrogens (tertiary/aromatic N) is 1. The number of fused-ring (bicyclic) bond motifs is 2. The number of Topliss-reactive ketones (excluding diaryl/α,β-unsaturated/α-hetero) is 1. The van der Waals surface area contributed by atoms with Crippen molar-refractivity contribution < 1.29 is 14.3 Å². The lowest BCUT2D eigenvalue weighted by Crippen LogP contribution is -2.28. The Morgan fingerprint density at radius 2 is 1.71 bits per heavy atom. The highest BCUT2D eigenvalue weighted by molar-refractivity contribution is 6.11. The Balaban J connectivity index is 1.64. The van der Waals surface area contributed by atoms with Gasteiger partial charge in [-0.2, -0.15) is 0 Å². The Kier molecular flexibility index (Phi) is 4.88. The van der Waals surface area contributed by atoms with Crippen molar-refractivity contribution in [1.82, 2.24) is 0 Å². The molecule has 0 saturated carbocycles. The molecule has 0 saturated heterocycles. The molecule has 0 amide bonds. The zero-order chi connectivity index (χ0) is 19.8. The molecule has 0 heterocycles. The summed E-state index contributed by atoms with van der Waals surface area (Å²) in [7, 11) is 7.38. The summed E-state index contributed by atoms with van der Waals surface area (Å²) in [4.78, 5) is 15.2. The first-order valence-corrected chi connectivity index (χ1v) is 9.79. The van der Waals surface area contributed by atoms with Crippen LogP contribution in [0.25, 0.3) is 0 Å². The van der Waals surface area contributed by atoms with Gasteiger partial charge in [-0.1, -0.05) is 18.2 Å². The molecule has 0 bridgehead atoms. The Morgan fingerprint density at radius 1 is 0.964 bits per heavy atom. The van der Waals surface area contributed by atoms with E-state index in [0.29, 0.717) is 17.4 Å². The first kappa shape index (κ1) is 18.6. The number of carbonyl (C=O) groups is 1. The second-order valence-corrected chi connectivity index (χ2v) is 7.87. The largest absolute Gasteiger partial charge is 0.493 e. The van der Waals surface area contributed by atoms with E-state index in [1.807, 2.05) is 12.1 Å². The molecule has 0 aromatic heterocycles. The molecule has 2 aromatic carbocycles. The maximum atomic E-state index is 13.1. The highest BCUT2D eigenvalue weighted by Gasteiger charge is 2.36. The minimum absolute atomic E-state index is 0.147. The van der Waals surface area contributed by atoms with Crippen molar-refractivity contribution in [3.8, 4) is 11.5 Å². The zero-order valence-electron chi connectivity index (χ0n) is 17.0. The summed E-state index contributed by atoms with van der Waals surface area (Å²) >= 11 is 0. The maximum Gasteiger partial charge on any atom is 0.189 e. The average Bonchev–Trinajstić information content (AvgIpc) is 2.72. The van der Waals surface area contributed by atoms with E-state index in [2.05, 4.69) is 49.3 Å². The van der Waals surface area contributed by atoms with Crippen molar-refractivity contribution in [2.45, 2.75) is 25.2 Å². The molecule has 0 N–H and O–H groups in total. The number of rotatable bonds is 4. The van der Waals surface area contributed by atoms with Crippen LogP contribution in [-0.2, 0) is 6.42 Å². The third-order valence-corrected chi connectivity index (χ3v) is 6.12. The monoisotopic (exact) mass is 377 g/mol. The Labute approximate surface area is 166 Å². The minimum Gasteiger partial charge on any atom is -0.493 e. The zero-order valence-corrected chi connectivity index (χ0v) is 17.0. The van der Waals surface area contributed by atoms with Crippen LogP contribution in [0.1, 0.15) is 40.2 Å². The van der Waals surface area contributed by atoms with Gasteiger partial charge in [0.05, 0.1) is 14.2 Å². The predicted octanol–water partition coefficient (Wildman–Crippen LogP) is 4.63. The third-order valence-electron chi connectivity index (χ3n) is 6.12. The van der Waals surface area contributed by atoms with Crippen LogP contribution in [0.4, 0.5) is 5.69 Å². The summed E-state index contributed by atoms with van der Waals surface area (Å²) in [6.45, 7) is 0. The van der Waals surface area contributed by atoms with E-state index in [1.165, 1.54) is 11.3 Å². The summed E-state index contributed by atoms with van der Waals surface area (Å²) < 4.78 is 11.0. The third kappa shape index (κ3) is 3.07. The molecule has 2 atom stereocenters. The van der Waals surface area contributed by atoms with Crippen molar-refractivity contribution >= 4 is 11.5 Å². The van der Waals surface area contributed by atoms with Crippen molar-refractivity contribution in [3.05, 3.63) is 64.7 Å². The van der Waals surface area contributed by atoms with Crippen LogP contribution in [0.3, 0.4) is 0 Å². The molecule has 4 heteroatoms. The lowest BCUT2D eigenvalue weighted by molar-refractivity contribution is 0.100. The minimum atomic E-state index is 0.147. The smallest absolute Gasteiger partial charge is 0.189 e. The van der Waals surface area contributed by atoms with Crippen molar-refractivity contribution in [3.63, 3.8) is 0 Å². The number of benzene rings is 2. The highest BCUT2D eigenvalue weighted by Crippen LogP contribution is 2.46. The van der Waals surface area contributed by atoms with Gasteiger partial charge in [-0.3, -0.25) is 4.79 Å². The van der Waals surface area contributed by atoms with E-state index >= 15 is 0 Å². The van der Waals surface area contributed by atoms with Crippen LogP contribution in [0, 0.1) is 5.92 Å². The summed E-state index contributed by atoms with van der Waals surface area (Å²) in [6.07, 6.45) is 4.89. The van der Waals surface area contributed by atoms with Crippen LogP contribution in [0.2, 0.25) is 0 Å². The van der Waals surface area contributed by atoms with Gasteiger partial charge in [0.1, 0.15) is 0 Å². The number of carbonyl (C=O) groups excluding carboxylic acids is 1. The van der Waals surface area contributed by atoms with Gasteiger partial charge in [0.15, 0.2) is 17.3 Å². The molecular weight excluding hydrogens is 350 g/mol. The van der Waals surface area contributed by atoms with Gasteiger partial charge in [-0.05, 0) is 66.5 Å². The fourth-order valence-corrected chi connectivity index (χ4v) is 4.60. The van der Waals surface area contributed by atoms with E-state index in [1.54, 1.807) is 14.2 Å². The van der Waals surface area contributed by atoms with Crippen LogP contribution < -0.4 is 14.4 Å². The van der Waals surface area contributed by atoms with Gasteiger partial charge in [-0.25, -0.2) is 0 Å². The topological polar surface area (TPSA) is 38.8 Å². The molecular formula is C24H27NO3. The van der Waals surface area contributed by atoms with Crippen molar-refractivity contribution in [2.75, 3.05) is 33.2 Å². The molecule has 0 spiro atoms. The standard InChI is InChI=1S/C24H27NO3/c1-25(2)18-8-5-15(6-9-18)16-7-10-19-17(13-16)14-21-20(23(19)26)11-12-22(27-3)24(21)28-4/h5-6,8-12,16-17H,7,13-14H2,1-4H3/t16?,17-/m0/s1. The second kappa shape index (κ2) is 7.34. The number of anilines is 1. The summed E-state index contributed by atoms with van der Waals surface area (Å²) in [5.41, 5.74) is 5.26. The van der Waals surface area contributed by atoms with Gasteiger partial charge in [-0.15, -0.1) is 0 Å². The summed E-state index contributed by atoms with van der Waals surface area (Å²) in [5, 5.41) is 0. The van der Waals surface area contributed by atoms with Gasteiger partial charge < -0.3 is 14.4 Å². The van der Waals surface area contributed by atoms with E-state index in [4.69, 9.17) is 9.47 Å². The van der Waals surface area contributed by atoms with Crippen LogP contribution >= 0.6 is 0 Å². The van der Waals surface area contributed by atoms with Gasteiger partial charge in [0.25, 0.3) is 0 Å². The second-order valence-electron chi connectivity index (χ2n) is 7.87. The SMILES string of the molecule is COc1ccc2c(c1OC)C[C@@H]1CC(c3ccc(N(C)C)cc3)CC=C1C2=O. The van der Waals surface area contributed by atoms with E-state index in [9.17, 15) is 4.79 Å².